The topological polar surface area (TPSA) is 83.6 Å². The molecule has 0 atom stereocenters. The molecule has 29 heavy (non-hydrogen) atoms. The van der Waals surface area contributed by atoms with Crippen LogP contribution in [-0.2, 0) is 13.6 Å². The average molecular weight is 381 g/mol. The van der Waals surface area contributed by atoms with Crippen LogP contribution in [0.25, 0.3) is 22.3 Å². The van der Waals surface area contributed by atoms with Gasteiger partial charge in [0.05, 0.1) is 34.0 Å². The molecule has 4 rings (SSSR count). The number of nitrogens with zero attached hydrogens (tertiary/aromatic N) is 4. The highest BCUT2D eigenvalue weighted by molar-refractivity contribution is 6.07. The Morgan fingerprint density at radius 1 is 1.14 bits per heavy atom. The fourth-order valence-corrected chi connectivity index (χ4v) is 3.36. The molecule has 0 spiro atoms. The van der Waals surface area contributed by atoms with Gasteiger partial charge in [-0.05, 0) is 30.7 Å². The lowest BCUT2D eigenvalue weighted by Gasteiger charge is -2.10. The van der Waals surface area contributed by atoms with E-state index in [1.807, 2.05) is 62.5 Å². The summed E-state index contributed by atoms with van der Waals surface area (Å²) >= 11 is 0. The van der Waals surface area contributed by atoms with Crippen LogP contribution in [0.2, 0.25) is 0 Å². The first-order chi connectivity index (χ1) is 14.1. The highest BCUT2D eigenvalue weighted by atomic mass is 16.1. The fourth-order valence-electron chi connectivity index (χ4n) is 3.36. The van der Waals surface area contributed by atoms with E-state index in [2.05, 4.69) is 16.5 Å². The number of aromatic nitrogens is 3. The van der Waals surface area contributed by atoms with Crippen molar-refractivity contribution in [3.05, 3.63) is 83.0 Å². The molecule has 0 radical (unpaired) electrons. The van der Waals surface area contributed by atoms with Gasteiger partial charge in [-0.3, -0.25) is 9.48 Å². The van der Waals surface area contributed by atoms with Gasteiger partial charge in [-0.25, -0.2) is 4.98 Å². The van der Waals surface area contributed by atoms with Gasteiger partial charge in [0, 0.05) is 19.2 Å². The van der Waals surface area contributed by atoms with E-state index < -0.39 is 0 Å². The summed E-state index contributed by atoms with van der Waals surface area (Å²) in [4.78, 5) is 17.8. The maximum atomic E-state index is 13.1. The van der Waals surface area contributed by atoms with Crippen molar-refractivity contribution in [2.24, 2.45) is 7.05 Å². The quantitative estimate of drug-likeness (QED) is 0.584. The van der Waals surface area contributed by atoms with E-state index in [1.165, 1.54) is 0 Å². The van der Waals surface area contributed by atoms with Gasteiger partial charge in [0.15, 0.2) is 5.65 Å². The number of nitrogens with one attached hydrogen (secondary N) is 1. The number of amides is 1. The largest absolute Gasteiger partial charge is 0.348 e. The van der Waals surface area contributed by atoms with Crippen molar-refractivity contribution in [1.82, 2.24) is 20.1 Å². The van der Waals surface area contributed by atoms with Crippen molar-refractivity contribution < 1.29 is 4.79 Å². The van der Waals surface area contributed by atoms with Crippen LogP contribution in [0.15, 0.2) is 60.7 Å². The number of rotatable bonds is 4. The van der Waals surface area contributed by atoms with E-state index in [4.69, 9.17) is 10.2 Å². The molecule has 2 aromatic carbocycles. The molecule has 0 aliphatic heterocycles. The minimum absolute atomic E-state index is 0.185. The van der Waals surface area contributed by atoms with Crippen molar-refractivity contribution >= 4 is 16.9 Å². The SMILES string of the molecule is Cc1nn(C)c2nc(-c3ccccc3)cc(C(=O)NCc3ccc(C#N)cc3)c12. The average Bonchev–Trinajstić information content (AvgIpc) is 3.06. The van der Waals surface area contributed by atoms with Gasteiger partial charge < -0.3 is 5.32 Å². The number of carbonyl (C=O) groups is 1. The van der Waals surface area contributed by atoms with Crippen LogP contribution in [0, 0.1) is 18.3 Å². The molecule has 0 unspecified atom stereocenters. The molecule has 1 amide bonds. The van der Waals surface area contributed by atoms with Gasteiger partial charge in [-0.15, -0.1) is 0 Å². The second kappa shape index (κ2) is 7.56. The van der Waals surface area contributed by atoms with Crippen LogP contribution < -0.4 is 5.32 Å². The Morgan fingerprint density at radius 3 is 2.55 bits per heavy atom. The monoisotopic (exact) mass is 381 g/mol. The van der Waals surface area contributed by atoms with Crippen LogP contribution in [-0.4, -0.2) is 20.7 Å². The molecule has 0 saturated heterocycles. The van der Waals surface area contributed by atoms with E-state index >= 15 is 0 Å². The van der Waals surface area contributed by atoms with Crippen LogP contribution in [0.3, 0.4) is 0 Å². The smallest absolute Gasteiger partial charge is 0.252 e. The van der Waals surface area contributed by atoms with Crippen LogP contribution in [0.5, 0.6) is 0 Å². The molecule has 0 bridgehead atoms. The standard InChI is InChI=1S/C23H19N5O/c1-15-21-19(23(29)25-14-17-10-8-16(13-24)9-11-17)12-20(18-6-4-3-5-7-18)26-22(21)28(2)27-15/h3-12H,14H2,1-2H3,(H,25,29). The Balaban J connectivity index is 1.71. The summed E-state index contributed by atoms with van der Waals surface area (Å²) in [5, 5.41) is 17.1. The molecule has 1 N–H and O–H groups in total. The van der Waals surface area contributed by atoms with Crippen LogP contribution in [0.4, 0.5) is 0 Å². The summed E-state index contributed by atoms with van der Waals surface area (Å²) in [5.41, 5.74) is 5.17. The molecule has 0 saturated carbocycles. The lowest BCUT2D eigenvalue weighted by Crippen LogP contribution is -2.23. The van der Waals surface area contributed by atoms with E-state index in [0.717, 1.165) is 27.9 Å². The fraction of sp³-hybridized carbons (Fsp3) is 0.130. The number of fused-ring (bicyclic) bond motifs is 1. The molecule has 142 valence electrons. The first-order valence-electron chi connectivity index (χ1n) is 9.24. The maximum Gasteiger partial charge on any atom is 0.252 e. The molecule has 4 aromatic rings. The Hall–Kier alpha value is -3.98. The van der Waals surface area contributed by atoms with Crippen molar-refractivity contribution in [1.29, 1.82) is 5.26 Å². The molecule has 0 aliphatic rings. The summed E-state index contributed by atoms with van der Waals surface area (Å²) in [6.45, 7) is 2.25. The summed E-state index contributed by atoms with van der Waals surface area (Å²) in [6.07, 6.45) is 0. The third-order valence-electron chi connectivity index (χ3n) is 4.82. The van der Waals surface area contributed by atoms with Crippen LogP contribution in [0.1, 0.15) is 27.2 Å². The van der Waals surface area contributed by atoms with Gasteiger partial charge >= 0.3 is 0 Å². The minimum atomic E-state index is -0.185. The zero-order valence-electron chi connectivity index (χ0n) is 16.2. The molecule has 0 fully saturated rings. The number of nitriles is 1. The molecule has 6 nitrogen and oxygen atoms in total. The number of carbonyl (C=O) groups excluding carboxylic acids is 1. The first-order valence-corrected chi connectivity index (χ1v) is 9.24. The second-order valence-electron chi connectivity index (χ2n) is 6.82. The van der Waals surface area contributed by atoms with E-state index in [9.17, 15) is 4.79 Å². The van der Waals surface area contributed by atoms with Gasteiger partial charge in [0.1, 0.15) is 0 Å². The first kappa shape index (κ1) is 18.4. The van der Waals surface area contributed by atoms with Crippen molar-refractivity contribution in [3.8, 4) is 17.3 Å². The highest BCUT2D eigenvalue weighted by Crippen LogP contribution is 2.26. The van der Waals surface area contributed by atoms with Crippen molar-refractivity contribution in [2.75, 3.05) is 0 Å². The maximum absolute atomic E-state index is 13.1. The van der Waals surface area contributed by atoms with Gasteiger partial charge in [0.2, 0.25) is 0 Å². The molecule has 0 aliphatic carbocycles. The number of hydrogen-bond acceptors (Lipinski definition) is 4. The summed E-state index contributed by atoms with van der Waals surface area (Å²) in [6, 6.07) is 20.8. The van der Waals surface area contributed by atoms with Crippen LogP contribution >= 0.6 is 0 Å². The zero-order chi connectivity index (χ0) is 20.4. The molecule has 2 aromatic heterocycles. The predicted molar refractivity (Wildman–Crippen MR) is 111 cm³/mol. The zero-order valence-corrected chi connectivity index (χ0v) is 16.2. The molecule has 6 heteroatoms. The Labute approximate surface area is 168 Å². The Morgan fingerprint density at radius 2 is 1.86 bits per heavy atom. The normalized spacial score (nSPS) is 10.7. The summed E-state index contributed by atoms with van der Waals surface area (Å²) < 4.78 is 1.70. The third kappa shape index (κ3) is 3.58. The second-order valence-corrected chi connectivity index (χ2v) is 6.82. The van der Waals surface area contributed by atoms with Crippen molar-refractivity contribution in [2.45, 2.75) is 13.5 Å². The molecular weight excluding hydrogens is 362 g/mol. The Bertz CT molecular complexity index is 1230. The number of hydrogen-bond donors (Lipinski definition) is 1. The minimum Gasteiger partial charge on any atom is -0.348 e. The number of aryl methyl sites for hydroxylation is 2. The molecule has 2 heterocycles. The Kier molecular flexibility index (Phi) is 4.80. The molecular formula is C23H19N5O. The van der Waals surface area contributed by atoms with Crippen molar-refractivity contribution in [3.63, 3.8) is 0 Å². The van der Waals surface area contributed by atoms with E-state index in [0.29, 0.717) is 23.3 Å². The number of pyridine rings is 1. The van der Waals surface area contributed by atoms with Gasteiger partial charge in [0.25, 0.3) is 5.91 Å². The highest BCUT2D eigenvalue weighted by Gasteiger charge is 2.19. The number of benzene rings is 2. The lowest BCUT2D eigenvalue weighted by molar-refractivity contribution is 0.0952. The summed E-state index contributed by atoms with van der Waals surface area (Å²) in [7, 11) is 1.83. The van der Waals surface area contributed by atoms with Gasteiger partial charge in [-0.1, -0.05) is 42.5 Å². The third-order valence-corrected chi connectivity index (χ3v) is 4.82. The van der Waals surface area contributed by atoms with Gasteiger partial charge in [-0.2, -0.15) is 10.4 Å². The van der Waals surface area contributed by atoms with E-state index in [-0.39, 0.29) is 5.91 Å². The summed E-state index contributed by atoms with van der Waals surface area (Å²) in [5.74, 6) is -0.185. The predicted octanol–water partition coefficient (Wildman–Crippen LogP) is 3.75. The lowest BCUT2D eigenvalue weighted by atomic mass is 10.0. The van der Waals surface area contributed by atoms with E-state index in [1.54, 1.807) is 16.8 Å².